The Bertz CT molecular complexity index is 122. The molecule has 0 aromatic heterocycles. The third-order valence-electron chi connectivity index (χ3n) is 2.03. The summed E-state index contributed by atoms with van der Waals surface area (Å²) in [5.74, 6) is 1.88. The molecule has 0 N–H and O–H groups in total. The van der Waals surface area contributed by atoms with Crippen LogP contribution in [0.3, 0.4) is 0 Å². The van der Waals surface area contributed by atoms with E-state index in [0.29, 0.717) is 5.25 Å². The van der Waals surface area contributed by atoms with Gasteiger partial charge in [0.05, 0.1) is 12.2 Å². The Hall–Kier alpha value is 0.310. The maximum Gasteiger partial charge on any atom is 0.0717 e. The molecule has 1 atom stereocenters. The SMILES string of the molecule is CC(C)C1COC(C)(C)CS1. The molecule has 1 aliphatic rings. The summed E-state index contributed by atoms with van der Waals surface area (Å²) in [6.07, 6.45) is 0. The average molecular weight is 174 g/mol. The summed E-state index contributed by atoms with van der Waals surface area (Å²) in [4.78, 5) is 0. The van der Waals surface area contributed by atoms with Crippen LogP contribution in [0.5, 0.6) is 0 Å². The maximum absolute atomic E-state index is 5.72. The molecule has 11 heavy (non-hydrogen) atoms. The summed E-state index contributed by atoms with van der Waals surface area (Å²) >= 11 is 2.05. The molecule has 1 nitrogen and oxygen atoms in total. The molecule has 1 rings (SSSR count). The van der Waals surface area contributed by atoms with Crippen molar-refractivity contribution < 1.29 is 4.74 Å². The maximum atomic E-state index is 5.72. The van der Waals surface area contributed by atoms with Gasteiger partial charge in [0.25, 0.3) is 0 Å². The molecule has 2 heteroatoms. The molecule has 0 bridgehead atoms. The standard InChI is InChI=1S/C9H18OS/c1-7(2)8-5-10-9(3,4)6-11-8/h7-8H,5-6H2,1-4H3. The molecular formula is C9H18OS. The van der Waals surface area contributed by atoms with Crippen LogP contribution in [-0.2, 0) is 4.74 Å². The number of hydrogen-bond acceptors (Lipinski definition) is 2. The van der Waals surface area contributed by atoms with Gasteiger partial charge in [-0.3, -0.25) is 0 Å². The van der Waals surface area contributed by atoms with Crippen molar-refractivity contribution in [2.45, 2.75) is 38.5 Å². The molecule has 0 aromatic carbocycles. The van der Waals surface area contributed by atoms with E-state index in [4.69, 9.17) is 4.74 Å². The van der Waals surface area contributed by atoms with Gasteiger partial charge in [-0.15, -0.1) is 0 Å². The van der Waals surface area contributed by atoms with Crippen LogP contribution < -0.4 is 0 Å². The first kappa shape index (κ1) is 9.40. The molecule has 0 amide bonds. The van der Waals surface area contributed by atoms with Crippen molar-refractivity contribution in [3.05, 3.63) is 0 Å². The number of hydrogen-bond donors (Lipinski definition) is 0. The summed E-state index contributed by atoms with van der Waals surface area (Å²) in [5.41, 5.74) is 0.107. The third-order valence-corrected chi connectivity index (χ3v) is 4.00. The lowest BCUT2D eigenvalue weighted by molar-refractivity contribution is -0.00924. The first-order valence-corrected chi connectivity index (χ1v) is 5.32. The minimum atomic E-state index is 0.107. The zero-order valence-corrected chi connectivity index (χ0v) is 8.70. The lowest BCUT2D eigenvalue weighted by Crippen LogP contribution is -2.38. The van der Waals surface area contributed by atoms with Crippen LogP contribution in [-0.4, -0.2) is 23.2 Å². The Balaban J connectivity index is 2.36. The van der Waals surface area contributed by atoms with E-state index in [-0.39, 0.29) is 5.60 Å². The van der Waals surface area contributed by atoms with Gasteiger partial charge >= 0.3 is 0 Å². The number of ether oxygens (including phenoxy) is 1. The van der Waals surface area contributed by atoms with Gasteiger partial charge in [-0.2, -0.15) is 11.8 Å². The molecule has 66 valence electrons. The minimum absolute atomic E-state index is 0.107. The molecule has 0 spiro atoms. The third kappa shape index (κ3) is 2.68. The van der Waals surface area contributed by atoms with E-state index in [1.165, 1.54) is 0 Å². The van der Waals surface area contributed by atoms with Gasteiger partial charge in [-0.1, -0.05) is 13.8 Å². The van der Waals surface area contributed by atoms with E-state index in [9.17, 15) is 0 Å². The Morgan fingerprint density at radius 1 is 1.45 bits per heavy atom. The number of thioether (sulfide) groups is 1. The summed E-state index contributed by atoms with van der Waals surface area (Å²) in [6, 6.07) is 0. The second-order valence-corrected chi connectivity index (χ2v) is 5.39. The highest BCUT2D eigenvalue weighted by atomic mass is 32.2. The Morgan fingerprint density at radius 2 is 2.09 bits per heavy atom. The molecule has 1 unspecified atom stereocenters. The first-order valence-electron chi connectivity index (χ1n) is 4.27. The van der Waals surface area contributed by atoms with Crippen LogP contribution in [0.4, 0.5) is 0 Å². The van der Waals surface area contributed by atoms with E-state index in [1.54, 1.807) is 0 Å². The predicted octanol–water partition coefficient (Wildman–Crippen LogP) is 2.55. The van der Waals surface area contributed by atoms with E-state index < -0.39 is 0 Å². The van der Waals surface area contributed by atoms with Crippen molar-refractivity contribution in [2.75, 3.05) is 12.4 Å². The molecule has 1 fully saturated rings. The second kappa shape index (κ2) is 3.36. The van der Waals surface area contributed by atoms with Crippen molar-refractivity contribution in [3.8, 4) is 0 Å². The largest absolute Gasteiger partial charge is 0.374 e. The van der Waals surface area contributed by atoms with Gasteiger partial charge in [-0.05, 0) is 19.8 Å². The van der Waals surface area contributed by atoms with Crippen molar-refractivity contribution in [1.82, 2.24) is 0 Å². The second-order valence-electron chi connectivity index (χ2n) is 4.16. The van der Waals surface area contributed by atoms with Gasteiger partial charge in [0.1, 0.15) is 0 Å². The molecule has 0 aliphatic carbocycles. The lowest BCUT2D eigenvalue weighted by Gasteiger charge is -2.35. The van der Waals surface area contributed by atoms with E-state index >= 15 is 0 Å². The van der Waals surface area contributed by atoms with Gasteiger partial charge in [0.2, 0.25) is 0 Å². The number of rotatable bonds is 1. The van der Waals surface area contributed by atoms with Crippen LogP contribution in [0, 0.1) is 5.92 Å². The Kier molecular flexibility index (Phi) is 2.87. The van der Waals surface area contributed by atoms with E-state index in [0.717, 1.165) is 18.3 Å². The van der Waals surface area contributed by atoms with Crippen LogP contribution >= 0.6 is 11.8 Å². The highest BCUT2D eigenvalue weighted by Gasteiger charge is 2.29. The first-order chi connectivity index (χ1) is 5.01. The van der Waals surface area contributed by atoms with Gasteiger partial charge < -0.3 is 4.74 Å². The van der Waals surface area contributed by atoms with Gasteiger partial charge in [-0.25, -0.2) is 0 Å². The van der Waals surface area contributed by atoms with Crippen LogP contribution in [0.1, 0.15) is 27.7 Å². The molecule has 1 saturated heterocycles. The van der Waals surface area contributed by atoms with E-state index in [2.05, 4.69) is 39.5 Å². The summed E-state index contributed by atoms with van der Waals surface area (Å²) in [7, 11) is 0. The van der Waals surface area contributed by atoms with Crippen LogP contribution in [0.25, 0.3) is 0 Å². The van der Waals surface area contributed by atoms with Crippen molar-refractivity contribution in [3.63, 3.8) is 0 Å². The minimum Gasteiger partial charge on any atom is -0.374 e. The summed E-state index contributed by atoms with van der Waals surface area (Å²) in [6.45, 7) is 9.78. The predicted molar refractivity (Wildman–Crippen MR) is 51.1 cm³/mol. The van der Waals surface area contributed by atoms with Crippen LogP contribution in [0.15, 0.2) is 0 Å². The fourth-order valence-electron chi connectivity index (χ4n) is 1.09. The lowest BCUT2D eigenvalue weighted by atomic mass is 10.1. The van der Waals surface area contributed by atoms with Gasteiger partial charge in [0, 0.05) is 11.0 Å². The van der Waals surface area contributed by atoms with Crippen molar-refractivity contribution >= 4 is 11.8 Å². The highest BCUT2D eigenvalue weighted by Crippen LogP contribution is 2.31. The zero-order valence-electron chi connectivity index (χ0n) is 7.89. The molecule has 1 aliphatic heterocycles. The molecule has 0 saturated carbocycles. The fraction of sp³-hybridized carbons (Fsp3) is 1.00. The quantitative estimate of drug-likeness (QED) is 0.604. The average Bonchev–Trinajstić information content (AvgIpc) is 1.86. The summed E-state index contributed by atoms with van der Waals surface area (Å²) < 4.78 is 5.72. The zero-order chi connectivity index (χ0) is 8.48. The molecular weight excluding hydrogens is 156 g/mol. The monoisotopic (exact) mass is 174 g/mol. The molecule has 0 aromatic rings. The highest BCUT2D eigenvalue weighted by molar-refractivity contribution is 8.00. The molecule has 1 heterocycles. The molecule has 0 radical (unpaired) electrons. The Labute approximate surface area is 73.9 Å². The van der Waals surface area contributed by atoms with Crippen molar-refractivity contribution in [2.24, 2.45) is 5.92 Å². The van der Waals surface area contributed by atoms with E-state index in [1.807, 2.05) is 0 Å². The fourth-order valence-corrected chi connectivity index (χ4v) is 2.34. The van der Waals surface area contributed by atoms with Gasteiger partial charge in [0.15, 0.2) is 0 Å². The normalized spacial score (nSPS) is 30.8. The van der Waals surface area contributed by atoms with Crippen LogP contribution in [0.2, 0.25) is 0 Å². The smallest absolute Gasteiger partial charge is 0.0717 e. The van der Waals surface area contributed by atoms with Crippen molar-refractivity contribution in [1.29, 1.82) is 0 Å². The Morgan fingerprint density at radius 3 is 2.45 bits per heavy atom. The summed E-state index contributed by atoms with van der Waals surface area (Å²) in [5, 5.41) is 0.711. The topological polar surface area (TPSA) is 9.23 Å².